The van der Waals surface area contributed by atoms with Crippen molar-refractivity contribution in [3.05, 3.63) is 34.1 Å². The smallest absolute Gasteiger partial charge is 0.256 e. The third-order valence-corrected chi connectivity index (χ3v) is 3.27. The van der Waals surface area contributed by atoms with Crippen LogP contribution in [0.3, 0.4) is 0 Å². The first-order valence-electron chi connectivity index (χ1n) is 5.55. The van der Waals surface area contributed by atoms with Gasteiger partial charge in [-0.2, -0.15) is 0 Å². The highest BCUT2D eigenvalue weighted by Crippen LogP contribution is 2.18. The summed E-state index contributed by atoms with van der Waals surface area (Å²) in [5.41, 5.74) is 5.36. The number of carbonyl (C=O) groups excluding carboxylic acids is 1. The molecule has 5 nitrogen and oxygen atoms in total. The molecule has 0 fully saturated rings. The van der Waals surface area contributed by atoms with Crippen molar-refractivity contribution in [2.45, 2.75) is 19.4 Å². The van der Waals surface area contributed by atoms with Gasteiger partial charge < -0.3 is 15.8 Å². The highest BCUT2D eigenvalue weighted by atomic mass is 79.9. The maximum Gasteiger partial charge on any atom is 0.256 e. The lowest BCUT2D eigenvalue weighted by molar-refractivity contribution is 0.0742. The van der Waals surface area contributed by atoms with Crippen molar-refractivity contribution >= 4 is 27.7 Å². The molecule has 104 valence electrons. The minimum atomic E-state index is -0.587. The summed E-state index contributed by atoms with van der Waals surface area (Å²) in [6, 6.07) is 3.84. The Balaban J connectivity index is 2.90. The van der Waals surface area contributed by atoms with Crippen LogP contribution < -0.4 is 5.73 Å². The molecule has 0 aliphatic heterocycles. The lowest BCUT2D eigenvalue weighted by Crippen LogP contribution is -2.38. The van der Waals surface area contributed by atoms with E-state index in [9.17, 15) is 9.18 Å². The summed E-state index contributed by atoms with van der Waals surface area (Å²) in [5, 5.41) is 11.3. The third-order valence-electron chi connectivity index (χ3n) is 2.77. The fourth-order valence-corrected chi connectivity index (χ4v) is 1.89. The number of carbonyl (C=O) groups is 1. The Labute approximate surface area is 119 Å². The minimum absolute atomic E-state index is 0.0156. The van der Waals surface area contributed by atoms with Crippen molar-refractivity contribution in [2.75, 3.05) is 7.05 Å². The molecule has 0 spiro atoms. The van der Waals surface area contributed by atoms with Gasteiger partial charge in [0.25, 0.3) is 5.91 Å². The number of benzene rings is 1. The van der Waals surface area contributed by atoms with Gasteiger partial charge in [0.15, 0.2) is 0 Å². The van der Waals surface area contributed by atoms with Gasteiger partial charge in [0.1, 0.15) is 11.7 Å². The Kier molecular flexibility index (Phi) is 5.29. The molecule has 0 heterocycles. The van der Waals surface area contributed by atoms with Gasteiger partial charge in [-0.05, 0) is 25.1 Å². The van der Waals surface area contributed by atoms with Crippen LogP contribution in [0.25, 0.3) is 0 Å². The topological polar surface area (TPSA) is 78.9 Å². The van der Waals surface area contributed by atoms with Crippen LogP contribution in [0.4, 0.5) is 4.39 Å². The molecule has 0 aliphatic carbocycles. The zero-order valence-corrected chi connectivity index (χ0v) is 12.2. The van der Waals surface area contributed by atoms with Crippen LogP contribution >= 0.6 is 15.9 Å². The third kappa shape index (κ3) is 3.92. The Hall–Kier alpha value is -1.63. The molecule has 0 bridgehead atoms. The summed E-state index contributed by atoms with van der Waals surface area (Å²) < 4.78 is 14.2. The van der Waals surface area contributed by atoms with Crippen LogP contribution in [0.5, 0.6) is 0 Å². The lowest BCUT2D eigenvalue weighted by Gasteiger charge is -2.24. The fourth-order valence-electron chi connectivity index (χ4n) is 1.53. The molecule has 7 heteroatoms. The predicted octanol–water partition coefficient (Wildman–Crippen LogP) is 2.19. The van der Waals surface area contributed by atoms with Crippen molar-refractivity contribution in [3.63, 3.8) is 0 Å². The van der Waals surface area contributed by atoms with Gasteiger partial charge in [-0.15, -0.1) is 0 Å². The van der Waals surface area contributed by atoms with Gasteiger partial charge in [-0.3, -0.25) is 4.79 Å². The SMILES string of the molecule is CC(C/C(N)=N/O)N(C)C(=O)c1cc(Br)ccc1F. The Morgan fingerprint density at radius 1 is 1.63 bits per heavy atom. The summed E-state index contributed by atoms with van der Waals surface area (Å²) in [6.07, 6.45) is 0.203. The van der Waals surface area contributed by atoms with Crippen LogP contribution in [0, 0.1) is 5.82 Å². The van der Waals surface area contributed by atoms with Crippen molar-refractivity contribution in [1.82, 2.24) is 4.90 Å². The number of oxime groups is 1. The van der Waals surface area contributed by atoms with Crippen LogP contribution in [-0.4, -0.2) is 34.9 Å². The normalized spacial score (nSPS) is 13.2. The van der Waals surface area contributed by atoms with E-state index in [0.717, 1.165) is 0 Å². The summed E-state index contributed by atoms with van der Waals surface area (Å²) in [7, 11) is 1.54. The highest BCUT2D eigenvalue weighted by molar-refractivity contribution is 9.10. The zero-order valence-electron chi connectivity index (χ0n) is 10.6. The second kappa shape index (κ2) is 6.51. The molecule has 0 aromatic heterocycles. The van der Waals surface area contributed by atoms with E-state index in [1.54, 1.807) is 6.92 Å². The molecular formula is C12H15BrFN3O2. The molecule has 3 N–H and O–H groups in total. The van der Waals surface area contributed by atoms with E-state index in [0.29, 0.717) is 4.47 Å². The summed E-state index contributed by atoms with van der Waals surface area (Å²) in [6.45, 7) is 1.73. The number of amidine groups is 1. The number of nitrogens with two attached hydrogens (primary N) is 1. The van der Waals surface area contributed by atoms with Crippen LogP contribution in [0.1, 0.15) is 23.7 Å². The molecule has 0 aliphatic rings. The molecule has 1 aromatic carbocycles. The standard InChI is InChI=1S/C12H15BrFN3O2/c1-7(5-11(15)16-19)17(2)12(18)9-6-8(13)3-4-10(9)14/h3-4,6-7,19H,5H2,1-2H3,(H2,15,16). The number of hydrogen-bond donors (Lipinski definition) is 2. The van der Waals surface area contributed by atoms with E-state index in [4.69, 9.17) is 10.9 Å². The van der Waals surface area contributed by atoms with Gasteiger partial charge >= 0.3 is 0 Å². The summed E-state index contributed by atoms with van der Waals surface area (Å²) in [5.74, 6) is -1.03. The maximum atomic E-state index is 13.6. The molecule has 1 unspecified atom stereocenters. The second-order valence-electron chi connectivity index (χ2n) is 4.18. The van der Waals surface area contributed by atoms with Gasteiger partial charge in [-0.25, -0.2) is 4.39 Å². The van der Waals surface area contributed by atoms with Gasteiger partial charge in [-0.1, -0.05) is 21.1 Å². The highest BCUT2D eigenvalue weighted by Gasteiger charge is 2.21. The molecule has 1 atom stereocenters. The molecular weight excluding hydrogens is 317 g/mol. The molecule has 1 amide bonds. The van der Waals surface area contributed by atoms with E-state index >= 15 is 0 Å². The average molecular weight is 332 g/mol. The molecule has 0 saturated heterocycles. The number of amides is 1. The number of halogens is 2. The monoisotopic (exact) mass is 331 g/mol. The Bertz CT molecular complexity index is 508. The minimum Gasteiger partial charge on any atom is -0.409 e. The van der Waals surface area contributed by atoms with Crippen molar-refractivity contribution in [1.29, 1.82) is 0 Å². The van der Waals surface area contributed by atoms with E-state index in [2.05, 4.69) is 21.1 Å². The molecule has 1 aromatic rings. The van der Waals surface area contributed by atoms with Gasteiger partial charge in [0.2, 0.25) is 0 Å². The molecule has 1 rings (SSSR count). The number of rotatable bonds is 4. The average Bonchev–Trinajstić information content (AvgIpc) is 2.39. The lowest BCUT2D eigenvalue weighted by atomic mass is 10.1. The molecule has 0 radical (unpaired) electrons. The van der Waals surface area contributed by atoms with Crippen molar-refractivity contribution in [3.8, 4) is 0 Å². The van der Waals surface area contributed by atoms with Gasteiger partial charge in [0, 0.05) is 24.0 Å². The van der Waals surface area contributed by atoms with Crippen LogP contribution in [-0.2, 0) is 0 Å². The van der Waals surface area contributed by atoms with Crippen LogP contribution in [0.15, 0.2) is 27.8 Å². The van der Waals surface area contributed by atoms with E-state index in [1.807, 2.05) is 0 Å². The molecule has 19 heavy (non-hydrogen) atoms. The largest absolute Gasteiger partial charge is 0.409 e. The van der Waals surface area contributed by atoms with Crippen molar-refractivity contribution in [2.24, 2.45) is 10.9 Å². The quantitative estimate of drug-likeness (QED) is 0.384. The Morgan fingerprint density at radius 2 is 2.26 bits per heavy atom. The first kappa shape index (κ1) is 15.4. The number of hydrogen-bond acceptors (Lipinski definition) is 3. The first-order chi connectivity index (χ1) is 8.86. The first-order valence-corrected chi connectivity index (χ1v) is 6.34. The molecule has 0 saturated carbocycles. The van der Waals surface area contributed by atoms with E-state index in [1.165, 1.54) is 30.1 Å². The Morgan fingerprint density at radius 3 is 2.84 bits per heavy atom. The van der Waals surface area contributed by atoms with Crippen molar-refractivity contribution < 1.29 is 14.4 Å². The van der Waals surface area contributed by atoms with Crippen LogP contribution in [0.2, 0.25) is 0 Å². The summed E-state index contributed by atoms with van der Waals surface area (Å²) >= 11 is 3.19. The maximum absolute atomic E-state index is 13.6. The second-order valence-corrected chi connectivity index (χ2v) is 5.10. The zero-order chi connectivity index (χ0) is 14.6. The number of nitrogens with zero attached hydrogens (tertiary/aromatic N) is 2. The fraction of sp³-hybridized carbons (Fsp3) is 0.333. The van der Waals surface area contributed by atoms with Gasteiger partial charge in [0.05, 0.1) is 5.56 Å². The summed E-state index contributed by atoms with van der Waals surface area (Å²) in [4.78, 5) is 13.5. The van der Waals surface area contributed by atoms with E-state index in [-0.39, 0.29) is 23.9 Å². The predicted molar refractivity (Wildman–Crippen MR) is 73.7 cm³/mol. The van der Waals surface area contributed by atoms with E-state index < -0.39 is 11.7 Å².